The molecule has 2 aromatic heterocycles. The predicted molar refractivity (Wildman–Crippen MR) is 124 cm³/mol. The van der Waals surface area contributed by atoms with E-state index in [1.807, 2.05) is 21.7 Å². The van der Waals surface area contributed by atoms with E-state index < -0.39 is 0 Å². The number of amides is 2. The van der Waals surface area contributed by atoms with Crippen molar-refractivity contribution in [2.45, 2.75) is 68.0 Å². The Balaban J connectivity index is 1.40. The maximum Gasteiger partial charge on any atom is 0.236 e. The topological polar surface area (TPSA) is 123 Å². The smallest absolute Gasteiger partial charge is 0.236 e. The van der Waals surface area contributed by atoms with Crippen LogP contribution in [0.5, 0.6) is 0 Å². The third kappa shape index (κ3) is 3.94. The fourth-order valence-corrected chi connectivity index (χ4v) is 6.52. The van der Waals surface area contributed by atoms with Crippen LogP contribution >= 0.6 is 11.8 Å². The normalized spacial score (nSPS) is 28.6. The number of hydrogen-bond acceptors (Lipinski definition) is 7. The van der Waals surface area contributed by atoms with Gasteiger partial charge in [-0.05, 0) is 45.4 Å². The minimum absolute atomic E-state index is 0.0601. The number of nitrogens with zero attached hydrogens (tertiary/aromatic N) is 5. The van der Waals surface area contributed by atoms with Crippen molar-refractivity contribution in [3.05, 3.63) is 23.5 Å². The SMILES string of the molecule is Cc1cn2nc([C@@H]3CCCCN3C(=O)C3CCC(C(N)=O)S3)cc2nc1N1CC[C@H](N)C1. The second kappa shape index (κ2) is 8.55. The Morgan fingerprint density at radius 1 is 1.12 bits per heavy atom. The van der Waals surface area contributed by atoms with Gasteiger partial charge >= 0.3 is 0 Å². The molecule has 3 aliphatic rings. The number of carbonyl (C=O) groups is 2. The lowest BCUT2D eigenvalue weighted by molar-refractivity contribution is -0.134. The fourth-order valence-electron chi connectivity index (χ4n) is 5.20. The molecule has 3 aliphatic heterocycles. The maximum atomic E-state index is 13.4. The molecule has 0 spiro atoms. The summed E-state index contributed by atoms with van der Waals surface area (Å²) in [7, 11) is 0. The van der Waals surface area contributed by atoms with Gasteiger partial charge in [-0.3, -0.25) is 9.59 Å². The molecule has 10 heteroatoms. The Kier molecular flexibility index (Phi) is 5.75. The van der Waals surface area contributed by atoms with Crippen LogP contribution < -0.4 is 16.4 Å². The van der Waals surface area contributed by atoms with Gasteiger partial charge in [0, 0.05) is 43.5 Å². The summed E-state index contributed by atoms with van der Waals surface area (Å²) >= 11 is 1.42. The highest BCUT2D eigenvalue weighted by atomic mass is 32.2. The average molecular weight is 458 g/mol. The zero-order chi connectivity index (χ0) is 22.4. The van der Waals surface area contributed by atoms with Crippen molar-refractivity contribution < 1.29 is 9.59 Å². The summed E-state index contributed by atoms with van der Waals surface area (Å²) in [5.41, 5.74) is 14.3. The molecule has 0 aromatic carbocycles. The lowest BCUT2D eigenvalue weighted by Gasteiger charge is -2.36. The number of primary amides is 1. The molecular formula is C22H31N7O2S. The van der Waals surface area contributed by atoms with Crippen LogP contribution in [0.25, 0.3) is 5.65 Å². The molecule has 2 amide bonds. The van der Waals surface area contributed by atoms with Crippen LogP contribution in [0.4, 0.5) is 5.82 Å². The lowest BCUT2D eigenvalue weighted by Crippen LogP contribution is -2.42. The number of nitrogens with two attached hydrogens (primary N) is 2. The molecule has 5 heterocycles. The summed E-state index contributed by atoms with van der Waals surface area (Å²) in [6.07, 6.45) is 7.31. The highest BCUT2D eigenvalue weighted by Gasteiger charge is 2.39. The number of hydrogen-bond donors (Lipinski definition) is 2. The number of anilines is 1. The van der Waals surface area contributed by atoms with Crippen LogP contribution in [-0.4, -0.2) is 67.5 Å². The number of aryl methyl sites for hydroxylation is 1. The van der Waals surface area contributed by atoms with Crippen molar-refractivity contribution in [3.63, 3.8) is 0 Å². The average Bonchev–Trinajstić information content (AvgIpc) is 3.52. The number of aromatic nitrogens is 3. The largest absolute Gasteiger partial charge is 0.369 e. The van der Waals surface area contributed by atoms with Gasteiger partial charge in [0.05, 0.1) is 22.2 Å². The first-order chi connectivity index (χ1) is 15.4. The molecule has 172 valence electrons. The number of thioether (sulfide) groups is 1. The second-order valence-corrected chi connectivity index (χ2v) is 10.7. The van der Waals surface area contributed by atoms with Gasteiger partial charge < -0.3 is 21.3 Å². The quantitative estimate of drug-likeness (QED) is 0.711. The Bertz CT molecular complexity index is 1040. The van der Waals surface area contributed by atoms with Crippen molar-refractivity contribution in [1.29, 1.82) is 0 Å². The van der Waals surface area contributed by atoms with Crippen LogP contribution in [0.3, 0.4) is 0 Å². The Hall–Kier alpha value is -2.33. The van der Waals surface area contributed by atoms with Crippen LogP contribution in [0.1, 0.15) is 55.8 Å². The Labute approximate surface area is 191 Å². The Morgan fingerprint density at radius 2 is 1.94 bits per heavy atom. The number of likely N-dealkylation sites (tertiary alicyclic amines) is 1. The lowest BCUT2D eigenvalue weighted by atomic mass is 9.98. The zero-order valence-electron chi connectivity index (χ0n) is 18.4. The van der Waals surface area contributed by atoms with Gasteiger partial charge in [-0.15, -0.1) is 11.8 Å². The fraction of sp³-hybridized carbons (Fsp3) is 0.636. The van der Waals surface area contributed by atoms with Gasteiger partial charge in [0.2, 0.25) is 11.8 Å². The summed E-state index contributed by atoms with van der Waals surface area (Å²) in [6, 6.07) is 2.15. The van der Waals surface area contributed by atoms with Crippen LogP contribution in [0.2, 0.25) is 0 Å². The summed E-state index contributed by atoms with van der Waals surface area (Å²) < 4.78 is 1.83. The van der Waals surface area contributed by atoms with Gasteiger partial charge in [-0.2, -0.15) is 5.10 Å². The van der Waals surface area contributed by atoms with Gasteiger partial charge in [-0.25, -0.2) is 9.50 Å². The van der Waals surface area contributed by atoms with Crippen molar-refractivity contribution >= 4 is 35.0 Å². The predicted octanol–water partition coefficient (Wildman–Crippen LogP) is 1.38. The number of carbonyl (C=O) groups excluding carboxylic acids is 2. The third-order valence-electron chi connectivity index (χ3n) is 6.89. The summed E-state index contributed by atoms with van der Waals surface area (Å²) in [4.78, 5) is 34.0. The molecule has 2 unspecified atom stereocenters. The van der Waals surface area contributed by atoms with E-state index in [1.165, 1.54) is 11.8 Å². The van der Waals surface area contributed by atoms with Crippen molar-refractivity contribution in [2.24, 2.45) is 11.5 Å². The van der Waals surface area contributed by atoms with Crippen molar-refractivity contribution in [1.82, 2.24) is 19.5 Å². The molecule has 4 N–H and O–H groups in total. The molecule has 3 fully saturated rings. The molecule has 5 rings (SSSR count). The van der Waals surface area contributed by atoms with E-state index in [1.54, 1.807) is 0 Å². The molecule has 0 aliphatic carbocycles. The van der Waals surface area contributed by atoms with Crippen molar-refractivity contribution in [3.8, 4) is 0 Å². The summed E-state index contributed by atoms with van der Waals surface area (Å²) in [5.74, 6) is 0.752. The second-order valence-electron chi connectivity index (χ2n) is 9.25. The highest BCUT2D eigenvalue weighted by molar-refractivity contribution is 8.02. The molecule has 0 bridgehead atoms. The number of piperidine rings is 1. The van der Waals surface area contributed by atoms with E-state index in [-0.39, 0.29) is 34.4 Å². The van der Waals surface area contributed by atoms with Gasteiger partial charge in [0.25, 0.3) is 0 Å². The molecule has 0 saturated carbocycles. The van der Waals surface area contributed by atoms with Crippen molar-refractivity contribution in [2.75, 3.05) is 24.5 Å². The Morgan fingerprint density at radius 3 is 2.66 bits per heavy atom. The monoisotopic (exact) mass is 457 g/mol. The van der Waals surface area contributed by atoms with Crippen LogP contribution in [0, 0.1) is 6.92 Å². The summed E-state index contributed by atoms with van der Waals surface area (Å²) in [5, 5.41) is 4.36. The molecule has 9 nitrogen and oxygen atoms in total. The molecule has 32 heavy (non-hydrogen) atoms. The first-order valence-corrected chi connectivity index (χ1v) is 12.5. The minimum atomic E-state index is -0.322. The summed E-state index contributed by atoms with van der Waals surface area (Å²) in [6.45, 7) is 4.51. The van der Waals surface area contributed by atoms with E-state index in [0.717, 1.165) is 68.0 Å². The maximum absolute atomic E-state index is 13.4. The van der Waals surface area contributed by atoms with E-state index in [0.29, 0.717) is 12.8 Å². The third-order valence-corrected chi connectivity index (χ3v) is 8.45. The molecular weight excluding hydrogens is 426 g/mol. The standard InChI is InChI=1S/C22H31N7O2S/c1-13-11-29-19(25-21(13)27-9-7-14(23)12-27)10-15(26-29)16-4-2-3-8-28(16)22(31)18-6-5-17(32-18)20(24)30/h10-11,14,16-18H,2-9,12,23H2,1H3,(H2,24,30)/t14-,16-,17?,18?/m0/s1. The van der Waals surface area contributed by atoms with Crippen LogP contribution in [-0.2, 0) is 9.59 Å². The molecule has 3 saturated heterocycles. The minimum Gasteiger partial charge on any atom is -0.369 e. The van der Waals surface area contributed by atoms with E-state index in [2.05, 4.69) is 11.8 Å². The van der Waals surface area contributed by atoms with Crippen LogP contribution in [0.15, 0.2) is 12.3 Å². The van der Waals surface area contributed by atoms with E-state index in [9.17, 15) is 9.59 Å². The first kappa shape index (κ1) is 21.5. The van der Waals surface area contributed by atoms with E-state index >= 15 is 0 Å². The zero-order valence-corrected chi connectivity index (χ0v) is 19.3. The van der Waals surface area contributed by atoms with Gasteiger partial charge in [0.15, 0.2) is 5.65 Å². The van der Waals surface area contributed by atoms with E-state index in [4.69, 9.17) is 21.5 Å². The molecule has 4 atom stereocenters. The van der Waals surface area contributed by atoms with Gasteiger partial charge in [0.1, 0.15) is 5.82 Å². The molecule has 2 aromatic rings. The first-order valence-electron chi connectivity index (χ1n) is 11.5. The molecule has 0 radical (unpaired) electrons. The number of rotatable bonds is 4. The number of fused-ring (bicyclic) bond motifs is 1. The highest BCUT2D eigenvalue weighted by Crippen LogP contribution is 2.38. The van der Waals surface area contributed by atoms with Gasteiger partial charge in [-0.1, -0.05) is 0 Å².